The molecule has 2 fully saturated rings. The quantitative estimate of drug-likeness (QED) is 0.852. The third-order valence-corrected chi connectivity index (χ3v) is 5.72. The molecule has 2 atom stereocenters. The zero-order valence-corrected chi connectivity index (χ0v) is 12.0. The van der Waals surface area contributed by atoms with Crippen LogP contribution in [0, 0.1) is 5.41 Å². The molecule has 1 aromatic rings. The third-order valence-electron chi connectivity index (χ3n) is 4.78. The average Bonchev–Trinajstić information content (AvgIpc) is 2.77. The second-order valence-electron chi connectivity index (χ2n) is 5.60. The minimum absolute atomic E-state index is 0.505. The Morgan fingerprint density at radius 2 is 2.39 bits per heavy atom. The van der Waals surface area contributed by atoms with Gasteiger partial charge < -0.3 is 10.1 Å². The zero-order valence-electron chi connectivity index (χ0n) is 11.2. The van der Waals surface area contributed by atoms with Gasteiger partial charge in [0.2, 0.25) is 0 Å². The largest absolute Gasteiger partial charge is 0.378 e. The van der Waals surface area contributed by atoms with E-state index in [1.807, 2.05) is 11.3 Å². The van der Waals surface area contributed by atoms with Gasteiger partial charge in [-0.15, -0.1) is 11.3 Å². The predicted molar refractivity (Wildman–Crippen MR) is 76.1 cm³/mol. The molecular weight excluding hydrogens is 242 g/mol. The van der Waals surface area contributed by atoms with Crippen LogP contribution in [0.5, 0.6) is 0 Å². The fourth-order valence-corrected chi connectivity index (χ4v) is 4.26. The highest BCUT2D eigenvalue weighted by atomic mass is 32.1. The molecule has 0 saturated heterocycles. The molecule has 1 heterocycles. The van der Waals surface area contributed by atoms with Gasteiger partial charge in [0.25, 0.3) is 0 Å². The third kappa shape index (κ3) is 2.13. The summed E-state index contributed by atoms with van der Waals surface area (Å²) in [5, 5.41) is 5.93. The molecule has 0 amide bonds. The van der Waals surface area contributed by atoms with E-state index in [1.54, 1.807) is 0 Å². The molecular formula is C15H23NOS. The minimum Gasteiger partial charge on any atom is -0.378 e. The zero-order chi connectivity index (χ0) is 12.4. The number of nitrogens with one attached hydrogen (secondary N) is 1. The van der Waals surface area contributed by atoms with Gasteiger partial charge in [-0.3, -0.25) is 0 Å². The maximum absolute atomic E-state index is 5.88. The van der Waals surface area contributed by atoms with E-state index < -0.39 is 0 Å². The molecule has 1 N–H and O–H groups in total. The molecule has 0 aliphatic heterocycles. The van der Waals surface area contributed by atoms with E-state index >= 15 is 0 Å². The van der Waals surface area contributed by atoms with Gasteiger partial charge >= 0.3 is 0 Å². The van der Waals surface area contributed by atoms with Gasteiger partial charge in [-0.1, -0.05) is 12.5 Å². The van der Waals surface area contributed by atoms with Crippen LogP contribution in [-0.2, 0) is 11.2 Å². The maximum Gasteiger partial charge on any atom is 0.0661 e. The van der Waals surface area contributed by atoms with Gasteiger partial charge in [-0.25, -0.2) is 0 Å². The van der Waals surface area contributed by atoms with Crippen molar-refractivity contribution in [2.24, 2.45) is 5.41 Å². The van der Waals surface area contributed by atoms with Gasteiger partial charge in [-0.05, 0) is 44.1 Å². The summed E-state index contributed by atoms with van der Waals surface area (Å²) in [5.41, 5.74) is 0.505. The number of hydrogen-bond donors (Lipinski definition) is 1. The topological polar surface area (TPSA) is 21.3 Å². The van der Waals surface area contributed by atoms with E-state index in [2.05, 4.69) is 29.8 Å². The highest BCUT2D eigenvalue weighted by molar-refractivity contribution is 7.09. The van der Waals surface area contributed by atoms with Gasteiger partial charge in [-0.2, -0.15) is 0 Å². The normalized spacial score (nSPS) is 28.9. The molecule has 18 heavy (non-hydrogen) atoms. The highest BCUT2D eigenvalue weighted by Gasteiger charge is 2.58. The Bertz CT molecular complexity index is 372. The van der Waals surface area contributed by atoms with Crippen molar-refractivity contribution in [3.63, 3.8) is 0 Å². The Balaban J connectivity index is 1.46. The monoisotopic (exact) mass is 265 g/mol. The van der Waals surface area contributed by atoms with Crippen LogP contribution in [0.2, 0.25) is 0 Å². The molecule has 2 aliphatic carbocycles. The lowest BCUT2D eigenvalue weighted by Gasteiger charge is -2.61. The summed E-state index contributed by atoms with van der Waals surface area (Å²) in [6.07, 6.45) is 7.06. The lowest BCUT2D eigenvalue weighted by molar-refractivity contribution is -0.172. The summed E-state index contributed by atoms with van der Waals surface area (Å²) in [6, 6.07) is 5.08. The molecule has 3 rings (SSSR count). The van der Waals surface area contributed by atoms with Crippen molar-refractivity contribution in [3.8, 4) is 0 Å². The van der Waals surface area contributed by atoms with Crippen molar-refractivity contribution in [3.05, 3.63) is 22.4 Å². The summed E-state index contributed by atoms with van der Waals surface area (Å²) >= 11 is 1.86. The van der Waals surface area contributed by atoms with Crippen LogP contribution in [0.25, 0.3) is 0 Å². The Morgan fingerprint density at radius 1 is 1.50 bits per heavy atom. The standard InChI is InChI=1S/C15H23NOS/c1-2-17-14-11-13(15(14)7-4-8-15)16-9-6-12-5-3-10-18-12/h3,5,10,13-14,16H,2,4,6-9,11H2,1H3. The molecule has 2 unspecified atom stereocenters. The SMILES string of the molecule is CCOC1CC(NCCc2cccs2)C12CCC2. The predicted octanol–water partition coefficient (Wildman–Crippen LogP) is 3.23. The van der Waals surface area contributed by atoms with E-state index in [9.17, 15) is 0 Å². The second-order valence-corrected chi connectivity index (χ2v) is 6.63. The Kier molecular flexibility index (Phi) is 3.73. The minimum atomic E-state index is 0.505. The molecule has 3 heteroatoms. The van der Waals surface area contributed by atoms with Gasteiger partial charge in [0, 0.05) is 29.5 Å². The van der Waals surface area contributed by atoms with Gasteiger partial charge in [0.1, 0.15) is 0 Å². The Morgan fingerprint density at radius 3 is 3.00 bits per heavy atom. The summed E-state index contributed by atoms with van der Waals surface area (Å²) in [5.74, 6) is 0. The van der Waals surface area contributed by atoms with Crippen molar-refractivity contribution in [1.29, 1.82) is 0 Å². The summed E-state index contributed by atoms with van der Waals surface area (Å²) in [6.45, 7) is 4.10. The first-order valence-corrected chi connectivity index (χ1v) is 8.10. The first-order chi connectivity index (χ1) is 8.85. The number of thiophene rings is 1. The van der Waals surface area contributed by atoms with Crippen LogP contribution in [0.4, 0.5) is 0 Å². The van der Waals surface area contributed by atoms with Crippen molar-refractivity contribution in [2.75, 3.05) is 13.2 Å². The van der Waals surface area contributed by atoms with Crippen molar-refractivity contribution in [2.45, 2.75) is 51.2 Å². The lowest BCUT2D eigenvalue weighted by Crippen LogP contribution is -2.67. The first kappa shape index (κ1) is 12.6. The number of rotatable bonds is 6. The van der Waals surface area contributed by atoms with Crippen LogP contribution >= 0.6 is 11.3 Å². The molecule has 0 radical (unpaired) electrons. The van der Waals surface area contributed by atoms with Crippen LogP contribution in [0.1, 0.15) is 37.5 Å². The van der Waals surface area contributed by atoms with Crippen molar-refractivity contribution < 1.29 is 4.74 Å². The lowest BCUT2D eigenvalue weighted by atomic mass is 9.51. The molecule has 2 aliphatic rings. The van der Waals surface area contributed by atoms with E-state index in [1.165, 1.54) is 37.0 Å². The summed E-state index contributed by atoms with van der Waals surface area (Å²) in [7, 11) is 0. The van der Waals surface area contributed by atoms with E-state index in [0.29, 0.717) is 17.6 Å². The Labute approximate surface area is 114 Å². The van der Waals surface area contributed by atoms with Crippen molar-refractivity contribution in [1.82, 2.24) is 5.32 Å². The molecule has 1 aromatic heterocycles. The fourth-order valence-electron chi connectivity index (χ4n) is 3.55. The Hall–Kier alpha value is -0.380. The second kappa shape index (κ2) is 5.32. The molecule has 1 spiro atoms. The fraction of sp³-hybridized carbons (Fsp3) is 0.733. The summed E-state index contributed by atoms with van der Waals surface area (Å²) in [4.78, 5) is 1.49. The molecule has 0 aromatic carbocycles. The number of hydrogen-bond acceptors (Lipinski definition) is 3. The van der Waals surface area contributed by atoms with E-state index in [-0.39, 0.29) is 0 Å². The smallest absolute Gasteiger partial charge is 0.0661 e. The molecule has 100 valence electrons. The van der Waals surface area contributed by atoms with E-state index in [4.69, 9.17) is 4.74 Å². The molecule has 2 nitrogen and oxygen atoms in total. The number of ether oxygens (including phenoxy) is 1. The first-order valence-electron chi connectivity index (χ1n) is 7.22. The summed E-state index contributed by atoms with van der Waals surface area (Å²) < 4.78 is 5.88. The van der Waals surface area contributed by atoms with Crippen LogP contribution < -0.4 is 5.32 Å². The van der Waals surface area contributed by atoms with Gasteiger partial charge in [0.15, 0.2) is 0 Å². The van der Waals surface area contributed by atoms with E-state index in [0.717, 1.165) is 13.2 Å². The van der Waals surface area contributed by atoms with Crippen molar-refractivity contribution >= 4 is 11.3 Å². The molecule has 0 bridgehead atoms. The maximum atomic E-state index is 5.88. The van der Waals surface area contributed by atoms with Gasteiger partial charge in [0.05, 0.1) is 6.10 Å². The average molecular weight is 265 g/mol. The highest BCUT2D eigenvalue weighted by Crippen LogP contribution is 2.57. The van der Waals surface area contributed by atoms with Crippen LogP contribution in [0.15, 0.2) is 17.5 Å². The van der Waals surface area contributed by atoms with Crippen LogP contribution in [0.3, 0.4) is 0 Å². The van der Waals surface area contributed by atoms with Crippen LogP contribution in [-0.4, -0.2) is 25.3 Å². The molecule has 2 saturated carbocycles.